The van der Waals surface area contributed by atoms with Gasteiger partial charge in [0.2, 0.25) is 0 Å². The molecule has 1 aromatic heterocycles. The predicted octanol–water partition coefficient (Wildman–Crippen LogP) is 0.616. The van der Waals surface area contributed by atoms with Crippen LogP contribution in [0.25, 0.3) is 0 Å². The average molecular weight is 183 g/mol. The molecule has 1 atom stereocenters. The molecule has 0 aliphatic heterocycles. The van der Waals surface area contributed by atoms with Crippen molar-refractivity contribution in [2.45, 2.75) is 27.3 Å². The van der Waals surface area contributed by atoms with Gasteiger partial charge in [-0.15, -0.1) is 0 Å². The number of carboxylic acids is 1. The molecule has 1 heterocycles. The molecule has 0 aromatic carbocycles. The zero-order valence-corrected chi connectivity index (χ0v) is 7.98. The Kier molecular flexibility index (Phi) is 2.65. The van der Waals surface area contributed by atoms with Gasteiger partial charge in [-0.2, -0.15) is 5.10 Å². The number of aryl methyl sites for hydroxylation is 2. The highest BCUT2D eigenvalue weighted by Gasteiger charge is 2.13. The summed E-state index contributed by atoms with van der Waals surface area (Å²) in [4.78, 5) is 14.6. The Labute approximate surface area is 76.4 Å². The quantitative estimate of drug-likeness (QED) is 0.745. The Hall–Kier alpha value is -1.39. The van der Waals surface area contributed by atoms with Gasteiger partial charge >= 0.3 is 5.97 Å². The minimum Gasteiger partial charge on any atom is -0.481 e. The van der Waals surface area contributed by atoms with E-state index in [2.05, 4.69) is 10.1 Å². The molecule has 1 aromatic rings. The number of aliphatic carboxylic acids is 1. The summed E-state index contributed by atoms with van der Waals surface area (Å²) in [5, 5.41) is 12.8. The van der Waals surface area contributed by atoms with E-state index in [1.54, 1.807) is 18.5 Å². The van der Waals surface area contributed by atoms with E-state index in [-0.39, 0.29) is 0 Å². The molecule has 1 rings (SSSR count). The van der Waals surface area contributed by atoms with Gasteiger partial charge in [-0.25, -0.2) is 9.67 Å². The number of hydrogen-bond acceptors (Lipinski definition) is 3. The molecule has 0 saturated carbocycles. The minimum atomic E-state index is -0.812. The number of aromatic nitrogens is 3. The molecule has 0 unspecified atom stereocenters. The van der Waals surface area contributed by atoms with Gasteiger partial charge < -0.3 is 5.11 Å². The fourth-order valence-corrected chi connectivity index (χ4v) is 1.07. The molecule has 13 heavy (non-hydrogen) atoms. The fourth-order valence-electron chi connectivity index (χ4n) is 1.07. The Balaban J connectivity index is 2.74. The SMILES string of the molecule is Cc1nc(C)n(C[C@@H](C)C(=O)O)n1. The van der Waals surface area contributed by atoms with E-state index in [0.29, 0.717) is 12.4 Å². The first-order valence-electron chi connectivity index (χ1n) is 4.11. The average Bonchev–Trinajstić information content (AvgIpc) is 2.30. The Morgan fingerprint density at radius 1 is 1.62 bits per heavy atom. The maximum absolute atomic E-state index is 10.6. The van der Waals surface area contributed by atoms with Crippen molar-refractivity contribution >= 4 is 5.97 Å². The van der Waals surface area contributed by atoms with E-state index in [1.807, 2.05) is 6.92 Å². The molecule has 0 bridgehead atoms. The molecule has 0 fully saturated rings. The van der Waals surface area contributed by atoms with Crippen LogP contribution >= 0.6 is 0 Å². The molecule has 5 heteroatoms. The first kappa shape index (κ1) is 9.70. The molecule has 1 N–H and O–H groups in total. The number of carbonyl (C=O) groups is 1. The van der Waals surface area contributed by atoms with E-state index < -0.39 is 11.9 Å². The van der Waals surface area contributed by atoms with Crippen molar-refractivity contribution in [1.29, 1.82) is 0 Å². The van der Waals surface area contributed by atoms with Crippen molar-refractivity contribution in [3.05, 3.63) is 11.6 Å². The summed E-state index contributed by atoms with van der Waals surface area (Å²) in [5.41, 5.74) is 0. The third-order valence-corrected chi connectivity index (χ3v) is 1.83. The molecule has 0 amide bonds. The van der Waals surface area contributed by atoms with Crippen LogP contribution in [0.3, 0.4) is 0 Å². The van der Waals surface area contributed by atoms with E-state index in [9.17, 15) is 4.79 Å². The second-order valence-electron chi connectivity index (χ2n) is 3.13. The van der Waals surface area contributed by atoms with Crippen LogP contribution in [0.1, 0.15) is 18.6 Å². The third kappa shape index (κ3) is 2.27. The van der Waals surface area contributed by atoms with Crippen LogP contribution in [-0.4, -0.2) is 25.8 Å². The fraction of sp³-hybridized carbons (Fsp3) is 0.625. The van der Waals surface area contributed by atoms with Gasteiger partial charge in [0, 0.05) is 0 Å². The van der Waals surface area contributed by atoms with Crippen molar-refractivity contribution < 1.29 is 9.90 Å². The summed E-state index contributed by atoms with van der Waals surface area (Å²) in [7, 11) is 0. The van der Waals surface area contributed by atoms with Crippen molar-refractivity contribution in [3.63, 3.8) is 0 Å². The summed E-state index contributed by atoms with van der Waals surface area (Å²) in [6, 6.07) is 0. The smallest absolute Gasteiger partial charge is 0.308 e. The minimum absolute atomic E-state index is 0.377. The normalized spacial score (nSPS) is 12.8. The number of carboxylic acid groups (broad SMARTS) is 1. The maximum Gasteiger partial charge on any atom is 0.308 e. The van der Waals surface area contributed by atoms with Crippen LogP contribution in [-0.2, 0) is 11.3 Å². The lowest BCUT2D eigenvalue weighted by atomic mass is 10.2. The van der Waals surface area contributed by atoms with Crippen LogP contribution in [0.4, 0.5) is 0 Å². The van der Waals surface area contributed by atoms with Gasteiger partial charge in [0.25, 0.3) is 0 Å². The van der Waals surface area contributed by atoms with Crippen molar-refractivity contribution in [2.24, 2.45) is 5.92 Å². The van der Waals surface area contributed by atoms with E-state index in [1.165, 1.54) is 0 Å². The van der Waals surface area contributed by atoms with Crippen LogP contribution in [0.15, 0.2) is 0 Å². The standard InChI is InChI=1S/C8H13N3O2/c1-5(8(12)13)4-11-7(3)9-6(2)10-11/h5H,4H2,1-3H3,(H,12,13)/t5-/m1/s1. The maximum atomic E-state index is 10.6. The van der Waals surface area contributed by atoms with Gasteiger partial charge in [0.1, 0.15) is 11.6 Å². The zero-order valence-electron chi connectivity index (χ0n) is 7.98. The zero-order chi connectivity index (χ0) is 10.0. The highest BCUT2D eigenvalue weighted by Crippen LogP contribution is 2.02. The Bertz CT molecular complexity index is 319. The highest BCUT2D eigenvalue weighted by atomic mass is 16.4. The molecule has 0 spiro atoms. The Morgan fingerprint density at radius 3 is 2.62 bits per heavy atom. The topological polar surface area (TPSA) is 68.0 Å². The third-order valence-electron chi connectivity index (χ3n) is 1.83. The summed E-state index contributed by atoms with van der Waals surface area (Å²) in [5.74, 6) is 0.188. The van der Waals surface area contributed by atoms with Crippen molar-refractivity contribution in [2.75, 3.05) is 0 Å². The summed E-state index contributed by atoms with van der Waals surface area (Å²) in [6.07, 6.45) is 0. The van der Waals surface area contributed by atoms with Gasteiger partial charge in [-0.05, 0) is 13.8 Å². The predicted molar refractivity (Wildman–Crippen MR) is 46.3 cm³/mol. The van der Waals surface area contributed by atoms with E-state index >= 15 is 0 Å². The van der Waals surface area contributed by atoms with Crippen molar-refractivity contribution in [3.8, 4) is 0 Å². The summed E-state index contributed by atoms with van der Waals surface area (Å²) < 4.78 is 1.62. The van der Waals surface area contributed by atoms with Gasteiger partial charge in [0.15, 0.2) is 0 Å². The molecular weight excluding hydrogens is 170 g/mol. The molecule has 0 aliphatic carbocycles. The number of hydrogen-bond donors (Lipinski definition) is 1. The van der Waals surface area contributed by atoms with Crippen LogP contribution in [0.2, 0.25) is 0 Å². The second-order valence-corrected chi connectivity index (χ2v) is 3.13. The van der Waals surface area contributed by atoms with Gasteiger partial charge in [0.05, 0.1) is 12.5 Å². The van der Waals surface area contributed by atoms with Gasteiger partial charge in [-0.1, -0.05) is 6.92 Å². The molecule has 0 saturated heterocycles. The number of nitrogens with zero attached hydrogens (tertiary/aromatic N) is 3. The Morgan fingerprint density at radius 2 is 2.23 bits per heavy atom. The van der Waals surface area contributed by atoms with Crippen LogP contribution in [0.5, 0.6) is 0 Å². The molecule has 5 nitrogen and oxygen atoms in total. The summed E-state index contributed by atoms with van der Waals surface area (Å²) in [6.45, 7) is 5.63. The van der Waals surface area contributed by atoms with Crippen LogP contribution in [0, 0.1) is 19.8 Å². The molecule has 0 radical (unpaired) electrons. The largest absolute Gasteiger partial charge is 0.481 e. The lowest BCUT2D eigenvalue weighted by molar-refractivity contribution is -0.141. The second kappa shape index (κ2) is 3.55. The first-order chi connectivity index (χ1) is 6.00. The summed E-state index contributed by atoms with van der Waals surface area (Å²) >= 11 is 0. The lowest BCUT2D eigenvalue weighted by Gasteiger charge is -2.06. The van der Waals surface area contributed by atoms with Crippen LogP contribution < -0.4 is 0 Å². The molecule has 0 aliphatic rings. The van der Waals surface area contributed by atoms with E-state index in [0.717, 1.165) is 5.82 Å². The highest BCUT2D eigenvalue weighted by molar-refractivity contribution is 5.69. The first-order valence-corrected chi connectivity index (χ1v) is 4.11. The van der Waals surface area contributed by atoms with E-state index in [4.69, 9.17) is 5.11 Å². The van der Waals surface area contributed by atoms with Crippen molar-refractivity contribution in [1.82, 2.24) is 14.8 Å². The molecule has 72 valence electrons. The number of rotatable bonds is 3. The lowest BCUT2D eigenvalue weighted by Crippen LogP contribution is -2.18. The monoisotopic (exact) mass is 183 g/mol. The molecular formula is C8H13N3O2. The van der Waals surface area contributed by atoms with Gasteiger partial charge in [-0.3, -0.25) is 4.79 Å².